The molecule has 1 fully saturated rings. The largest absolute Gasteiger partial charge is 0.466 e. The lowest BCUT2D eigenvalue weighted by molar-refractivity contribution is -0.149. The van der Waals surface area contributed by atoms with Crippen molar-refractivity contribution in [3.63, 3.8) is 0 Å². The fourth-order valence-corrected chi connectivity index (χ4v) is 4.54. The number of likely N-dealkylation sites (tertiary alicyclic amines) is 1. The molecule has 9 nitrogen and oxygen atoms in total. The summed E-state index contributed by atoms with van der Waals surface area (Å²) in [5, 5.41) is 4.28. The number of rotatable bonds is 6. The number of hydrogen-bond donors (Lipinski definition) is 0. The van der Waals surface area contributed by atoms with Crippen LogP contribution in [0.5, 0.6) is 0 Å². The van der Waals surface area contributed by atoms with Gasteiger partial charge in [-0.2, -0.15) is 9.78 Å². The van der Waals surface area contributed by atoms with Gasteiger partial charge in [0.1, 0.15) is 0 Å². The maximum Gasteiger partial charge on any atom is 0.352 e. The normalized spacial score (nSPS) is 15.5. The van der Waals surface area contributed by atoms with E-state index < -0.39 is 23.1 Å². The summed E-state index contributed by atoms with van der Waals surface area (Å²) in [5.41, 5.74) is 2.43. The molecule has 2 heterocycles. The molecule has 1 saturated heterocycles. The van der Waals surface area contributed by atoms with E-state index in [9.17, 15) is 19.2 Å². The Labute approximate surface area is 215 Å². The van der Waals surface area contributed by atoms with Gasteiger partial charge in [-0.15, -0.1) is 0 Å². The maximum absolute atomic E-state index is 13.6. The van der Waals surface area contributed by atoms with Crippen molar-refractivity contribution in [2.75, 3.05) is 19.7 Å². The zero-order valence-corrected chi connectivity index (χ0v) is 21.7. The number of amides is 1. The maximum atomic E-state index is 13.6. The zero-order chi connectivity index (χ0) is 26.7. The summed E-state index contributed by atoms with van der Waals surface area (Å²) in [7, 11) is 0. The molecule has 1 unspecified atom stereocenters. The second-order valence-electron chi connectivity index (χ2n) is 9.47. The molecule has 4 rings (SSSR count). The number of aryl methyl sites for hydroxylation is 3. The first-order valence-electron chi connectivity index (χ1n) is 12.5. The molecule has 1 aliphatic heterocycles. The lowest BCUT2D eigenvalue weighted by atomic mass is 9.98. The van der Waals surface area contributed by atoms with Crippen LogP contribution in [0.15, 0.2) is 52.1 Å². The molecule has 1 amide bonds. The zero-order valence-electron chi connectivity index (χ0n) is 21.7. The van der Waals surface area contributed by atoms with Crippen LogP contribution in [-0.4, -0.2) is 50.8 Å². The van der Waals surface area contributed by atoms with Crippen molar-refractivity contribution in [3.05, 3.63) is 91.3 Å². The highest BCUT2D eigenvalue weighted by Crippen LogP contribution is 2.19. The summed E-state index contributed by atoms with van der Waals surface area (Å²) in [6, 6.07) is 12.9. The fourth-order valence-electron chi connectivity index (χ4n) is 4.54. The van der Waals surface area contributed by atoms with Crippen LogP contribution in [0.4, 0.5) is 0 Å². The van der Waals surface area contributed by atoms with Gasteiger partial charge in [-0.3, -0.25) is 19.0 Å². The van der Waals surface area contributed by atoms with Gasteiger partial charge in [-0.05, 0) is 74.9 Å². The Morgan fingerprint density at radius 2 is 1.78 bits per heavy atom. The number of esters is 1. The van der Waals surface area contributed by atoms with E-state index in [0.717, 1.165) is 31.5 Å². The van der Waals surface area contributed by atoms with E-state index in [-0.39, 0.29) is 31.4 Å². The van der Waals surface area contributed by atoms with Crippen LogP contribution in [0.1, 0.15) is 52.5 Å². The Hall–Kier alpha value is -4.01. The minimum Gasteiger partial charge on any atom is -0.466 e. The van der Waals surface area contributed by atoms with Gasteiger partial charge < -0.3 is 9.64 Å². The SMILES string of the molecule is CCOC(=O)C1CCCN(C(=O)c2nn(-c3ccc(C)c(C)c3)c(=O)n(Cc3ccccc3C)c2=O)C1. The van der Waals surface area contributed by atoms with E-state index in [1.807, 2.05) is 51.1 Å². The van der Waals surface area contributed by atoms with Gasteiger partial charge >= 0.3 is 11.7 Å². The number of nitrogens with zero attached hydrogens (tertiary/aromatic N) is 4. The predicted molar refractivity (Wildman–Crippen MR) is 139 cm³/mol. The second kappa shape index (κ2) is 10.9. The third-order valence-corrected chi connectivity index (χ3v) is 6.92. The molecule has 0 bridgehead atoms. The Morgan fingerprint density at radius 1 is 1.03 bits per heavy atom. The molecule has 0 radical (unpaired) electrons. The summed E-state index contributed by atoms with van der Waals surface area (Å²) in [6.07, 6.45) is 1.21. The Kier molecular flexibility index (Phi) is 7.71. The molecular formula is C28H32N4O5. The number of hydrogen-bond acceptors (Lipinski definition) is 6. The van der Waals surface area contributed by atoms with E-state index in [2.05, 4.69) is 5.10 Å². The van der Waals surface area contributed by atoms with E-state index >= 15 is 0 Å². The van der Waals surface area contributed by atoms with Gasteiger partial charge in [0.15, 0.2) is 0 Å². The minimum atomic E-state index is -0.753. The number of ether oxygens (including phenoxy) is 1. The molecule has 1 aliphatic rings. The fraction of sp³-hybridized carbons (Fsp3) is 0.393. The lowest BCUT2D eigenvalue weighted by Gasteiger charge is -2.31. The second-order valence-corrected chi connectivity index (χ2v) is 9.47. The summed E-state index contributed by atoms with van der Waals surface area (Å²) in [4.78, 5) is 54.5. The number of carbonyl (C=O) groups is 2. The topological polar surface area (TPSA) is 104 Å². The molecule has 194 valence electrons. The van der Waals surface area contributed by atoms with Crippen molar-refractivity contribution < 1.29 is 14.3 Å². The molecule has 9 heteroatoms. The van der Waals surface area contributed by atoms with Crippen molar-refractivity contribution in [1.29, 1.82) is 0 Å². The number of benzene rings is 2. The molecule has 1 atom stereocenters. The number of piperidine rings is 1. The van der Waals surface area contributed by atoms with Gasteiger partial charge in [0, 0.05) is 13.1 Å². The molecule has 2 aromatic carbocycles. The molecular weight excluding hydrogens is 472 g/mol. The van der Waals surface area contributed by atoms with Gasteiger partial charge in [0.05, 0.1) is 24.8 Å². The quantitative estimate of drug-likeness (QED) is 0.478. The Morgan fingerprint density at radius 3 is 2.49 bits per heavy atom. The van der Waals surface area contributed by atoms with Gasteiger partial charge in [-0.1, -0.05) is 30.3 Å². The van der Waals surface area contributed by atoms with Crippen molar-refractivity contribution in [1.82, 2.24) is 19.2 Å². The highest BCUT2D eigenvalue weighted by Gasteiger charge is 2.32. The predicted octanol–water partition coefficient (Wildman–Crippen LogP) is 2.78. The summed E-state index contributed by atoms with van der Waals surface area (Å²) in [6.45, 7) is 8.30. The highest BCUT2D eigenvalue weighted by molar-refractivity contribution is 5.92. The Balaban J connectivity index is 1.82. The average Bonchev–Trinajstić information content (AvgIpc) is 2.89. The molecule has 37 heavy (non-hydrogen) atoms. The summed E-state index contributed by atoms with van der Waals surface area (Å²) < 4.78 is 7.32. The number of aromatic nitrogens is 3. The van der Waals surface area contributed by atoms with E-state index in [1.165, 1.54) is 4.90 Å². The standard InChI is InChI=1S/C28H32N4O5/c1-5-37-27(35)22-11-8-14-30(16-22)25(33)24-26(34)31(17-21-10-7-6-9-19(21)3)28(36)32(29-24)23-13-12-18(2)20(4)15-23/h6-7,9-10,12-13,15,22H,5,8,11,14,16-17H2,1-4H3. The monoisotopic (exact) mass is 504 g/mol. The molecule has 0 spiro atoms. The molecule has 0 aliphatic carbocycles. The summed E-state index contributed by atoms with van der Waals surface area (Å²) in [5.74, 6) is -1.42. The van der Waals surface area contributed by atoms with Crippen LogP contribution in [0, 0.1) is 26.7 Å². The lowest BCUT2D eigenvalue weighted by Crippen LogP contribution is -2.49. The van der Waals surface area contributed by atoms with Crippen LogP contribution in [0.25, 0.3) is 5.69 Å². The third kappa shape index (κ3) is 5.40. The first-order valence-corrected chi connectivity index (χ1v) is 12.5. The van der Waals surface area contributed by atoms with E-state index in [0.29, 0.717) is 25.1 Å². The summed E-state index contributed by atoms with van der Waals surface area (Å²) >= 11 is 0. The van der Waals surface area contributed by atoms with Gasteiger partial charge in [-0.25, -0.2) is 4.79 Å². The van der Waals surface area contributed by atoms with Crippen molar-refractivity contribution in [3.8, 4) is 5.69 Å². The van der Waals surface area contributed by atoms with Gasteiger partial charge in [0.25, 0.3) is 11.5 Å². The Bertz CT molecular complexity index is 1460. The first-order chi connectivity index (χ1) is 17.7. The smallest absolute Gasteiger partial charge is 0.352 e. The molecule has 3 aromatic rings. The van der Waals surface area contributed by atoms with Crippen molar-refractivity contribution in [2.45, 2.75) is 47.1 Å². The van der Waals surface area contributed by atoms with Crippen LogP contribution in [-0.2, 0) is 16.1 Å². The van der Waals surface area contributed by atoms with Gasteiger partial charge in [0.2, 0.25) is 5.69 Å². The van der Waals surface area contributed by atoms with Crippen LogP contribution in [0.3, 0.4) is 0 Å². The van der Waals surface area contributed by atoms with E-state index in [1.54, 1.807) is 19.1 Å². The number of carbonyl (C=O) groups excluding carboxylic acids is 2. The average molecular weight is 505 g/mol. The molecule has 1 aromatic heterocycles. The third-order valence-electron chi connectivity index (χ3n) is 6.92. The van der Waals surface area contributed by atoms with Crippen molar-refractivity contribution in [2.24, 2.45) is 5.92 Å². The van der Waals surface area contributed by atoms with Crippen LogP contribution < -0.4 is 11.2 Å². The first kappa shape index (κ1) is 26.1. The van der Waals surface area contributed by atoms with Crippen LogP contribution >= 0.6 is 0 Å². The molecule has 0 N–H and O–H groups in total. The van der Waals surface area contributed by atoms with Crippen LogP contribution in [0.2, 0.25) is 0 Å². The van der Waals surface area contributed by atoms with E-state index in [4.69, 9.17) is 4.74 Å². The highest BCUT2D eigenvalue weighted by atomic mass is 16.5. The minimum absolute atomic E-state index is 0.00341. The van der Waals surface area contributed by atoms with Crippen molar-refractivity contribution >= 4 is 11.9 Å². The molecule has 0 saturated carbocycles.